The van der Waals surface area contributed by atoms with Crippen LogP contribution in [0.25, 0.3) is 0 Å². The van der Waals surface area contributed by atoms with Gasteiger partial charge in [-0.25, -0.2) is 4.98 Å². The lowest BCUT2D eigenvalue weighted by molar-refractivity contribution is -0.139. The van der Waals surface area contributed by atoms with Gasteiger partial charge in [0, 0.05) is 45.5 Å². The van der Waals surface area contributed by atoms with Crippen LogP contribution in [-0.4, -0.2) is 66.1 Å². The summed E-state index contributed by atoms with van der Waals surface area (Å²) in [6.45, 7) is 5.04. The van der Waals surface area contributed by atoms with E-state index in [1.807, 2.05) is 35.4 Å². The zero-order valence-corrected chi connectivity index (χ0v) is 17.4. The maximum Gasteiger partial charge on any atom is 0.263 e. The van der Waals surface area contributed by atoms with Gasteiger partial charge >= 0.3 is 0 Å². The van der Waals surface area contributed by atoms with E-state index in [1.165, 1.54) is 24.8 Å². The molecule has 158 valence electrons. The molecule has 2 saturated heterocycles. The lowest BCUT2D eigenvalue weighted by Gasteiger charge is -2.38. The number of carbonyl (C=O) groups is 1. The largest absolute Gasteiger partial charge is 0.480 e. The fourth-order valence-corrected chi connectivity index (χ4v) is 4.62. The van der Waals surface area contributed by atoms with E-state index in [2.05, 4.69) is 20.9 Å². The molecule has 1 amide bonds. The number of benzene rings is 1. The lowest BCUT2D eigenvalue weighted by Crippen LogP contribution is -2.53. The summed E-state index contributed by atoms with van der Waals surface area (Å²) in [5, 5.41) is 0. The molecule has 30 heavy (non-hydrogen) atoms. The summed E-state index contributed by atoms with van der Waals surface area (Å²) in [6, 6.07) is 10.0. The van der Waals surface area contributed by atoms with Gasteiger partial charge in [0.05, 0.1) is 0 Å². The molecular weight excluding hydrogens is 378 g/mol. The molecule has 7 nitrogen and oxygen atoms in total. The summed E-state index contributed by atoms with van der Waals surface area (Å²) in [5.74, 6) is 2.76. The van der Waals surface area contributed by atoms with Gasteiger partial charge in [0.1, 0.15) is 11.6 Å². The Morgan fingerprint density at radius 3 is 2.57 bits per heavy atom. The summed E-state index contributed by atoms with van der Waals surface area (Å²) >= 11 is 0. The van der Waals surface area contributed by atoms with E-state index in [0.717, 1.165) is 56.5 Å². The number of amides is 1. The molecule has 0 N–H and O–H groups in total. The topological polar surface area (TPSA) is 61.8 Å². The van der Waals surface area contributed by atoms with Gasteiger partial charge in [-0.05, 0) is 49.8 Å². The molecule has 2 aromatic rings. The molecule has 1 atom stereocenters. The number of aromatic nitrogens is 2. The highest BCUT2D eigenvalue weighted by Crippen LogP contribution is 2.28. The predicted molar refractivity (Wildman–Crippen MR) is 116 cm³/mol. The van der Waals surface area contributed by atoms with E-state index < -0.39 is 0 Å². The number of piperidine rings is 1. The molecule has 0 aliphatic carbocycles. The number of aryl methyl sites for hydroxylation is 1. The fourth-order valence-electron chi connectivity index (χ4n) is 4.62. The third kappa shape index (κ3) is 3.93. The van der Waals surface area contributed by atoms with Gasteiger partial charge in [-0.1, -0.05) is 18.2 Å². The zero-order chi connectivity index (χ0) is 20.3. The summed E-state index contributed by atoms with van der Waals surface area (Å²) in [6.07, 6.45) is 6.86. The smallest absolute Gasteiger partial charge is 0.263 e. The summed E-state index contributed by atoms with van der Waals surface area (Å²) < 4.78 is 6.01. The van der Waals surface area contributed by atoms with Crippen LogP contribution in [0.2, 0.25) is 0 Å². The third-order valence-corrected chi connectivity index (χ3v) is 6.38. The molecule has 0 bridgehead atoms. The number of hydrogen-bond donors (Lipinski definition) is 0. The first-order chi connectivity index (χ1) is 14.8. The minimum absolute atomic E-state index is 0.112. The van der Waals surface area contributed by atoms with Crippen LogP contribution in [-0.2, 0) is 11.2 Å². The summed E-state index contributed by atoms with van der Waals surface area (Å²) in [5.41, 5.74) is 1.19. The van der Waals surface area contributed by atoms with Gasteiger partial charge in [-0.2, -0.15) is 4.98 Å². The van der Waals surface area contributed by atoms with Crippen molar-refractivity contribution in [1.29, 1.82) is 0 Å². The highest BCUT2D eigenvalue weighted by Gasteiger charge is 2.32. The van der Waals surface area contributed by atoms with Crippen LogP contribution in [0.15, 0.2) is 36.5 Å². The second-order valence-electron chi connectivity index (χ2n) is 8.33. The Morgan fingerprint density at radius 2 is 1.73 bits per heavy atom. The van der Waals surface area contributed by atoms with Crippen molar-refractivity contribution in [3.05, 3.63) is 42.1 Å². The first kappa shape index (κ1) is 19.2. The van der Waals surface area contributed by atoms with Gasteiger partial charge in [-0.15, -0.1) is 0 Å². The third-order valence-electron chi connectivity index (χ3n) is 6.38. The second-order valence-corrected chi connectivity index (χ2v) is 8.33. The Morgan fingerprint density at radius 1 is 0.933 bits per heavy atom. The minimum atomic E-state index is -0.365. The van der Waals surface area contributed by atoms with Gasteiger partial charge < -0.3 is 19.4 Å². The number of piperazine rings is 1. The molecule has 4 heterocycles. The molecule has 3 aliphatic rings. The molecule has 3 aliphatic heterocycles. The first-order valence-corrected chi connectivity index (χ1v) is 11.1. The van der Waals surface area contributed by atoms with Crippen molar-refractivity contribution in [2.24, 2.45) is 0 Å². The highest BCUT2D eigenvalue weighted by atomic mass is 16.5. The number of hydrogen-bond acceptors (Lipinski definition) is 6. The van der Waals surface area contributed by atoms with Gasteiger partial charge in [0.2, 0.25) is 5.95 Å². The number of rotatable bonds is 3. The Labute approximate surface area is 177 Å². The number of para-hydroxylation sites is 1. The predicted octanol–water partition coefficient (Wildman–Crippen LogP) is 2.51. The van der Waals surface area contributed by atoms with Crippen LogP contribution in [0.4, 0.5) is 11.8 Å². The number of nitrogens with zero attached hydrogens (tertiary/aromatic N) is 5. The van der Waals surface area contributed by atoms with Crippen molar-refractivity contribution in [3.63, 3.8) is 0 Å². The van der Waals surface area contributed by atoms with E-state index in [-0.39, 0.29) is 12.0 Å². The summed E-state index contributed by atoms with van der Waals surface area (Å²) in [7, 11) is 0. The van der Waals surface area contributed by atoms with E-state index in [1.54, 1.807) is 0 Å². The second kappa shape index (κ2) is 8.50. The molecule has 7 heteroatoms. The monoisotopic (exact) mass is 407 g/mol. The van der Waals surface area contributed by atoms with Crippen LogP contribution in [0.3, 0.4) is 0 Å². The minimum Gasteiger partial charge on any atom is -0.480 e. The molecule has 0 radical (unpaired) electrons. The Bertz CT molecular complexity index is 891. The number of ether oxygens (including phenoxy) is 1. The Hall–Kier alpha value is -2.83. The van der Waals surface area contributed by atoms with Crippen molar-refractivity contribution < 1.29 is 9.53 Å². The average Bonchev–Trinajstić information content (AvgIpc) is 2.84. The SMILES string of the molecule is O=C(C1CCc2ccccc2O1)N1CCN(c2ccnc(N3CCCCC3)n2)CC1. The van der Waals surface area contributed by atoms with E-state index in [9.17, 15) is 4.79 Å². The van der Waals surface area contributed by atoms with Crippen molar-refractivity contribution in [2.45, 2.75) is 38.2 Å². The van der Waals surface area contributed by atoms with E-state index in [0.29, 0.717) is 13.1 Å². The van der Waals surface area contributed by atoms with E-state index in [4.69, 9.17) is 9.72 Å². The lowest BCUT2D eigenvalue weighted by atomic mass is 10.0. The number of fused-ring (bicyclic) bond motifs is 1. The quantitative estimate of drug-likeness (QED) is 0.779. The van der Waals surface area contributed by atoms with Gasteiger partial charge in [-0.3, -0.25) is 4.79 Å². The maximum atomic E-state index is 13.0. The molecule has 1 aromatic heterocycles. The molecule has 5 rings (SSSR count). The Kier molecular flexibility index (Phi) is 5.43. The van der Waals surface area contributed by atoms with Crippen LogP contribution < -0.4 is 14.5 Å². The first-order valence-electron chi connectivity index (χ1n) is 11.1. The van der Waals surface area contributed by atoms with Gasteiger partial charge in [0.15, 0.2) is 6.10 Å². The fraction of sp³-hybridized carbons (Fsp3) is 0.522. The van der Waals surface area contributed by atoms with Crippen LogP contribution in [0.5, 0.6) is 5.75 Å². The van der Waals surface area contributed by atoms with Crippen LogP contribution in [0, 0.1) is 0 Å². The average molecular weight is 408 g/mol. The molecular formula is C23H29N5O2. The molecule has 1 aromatic carbocycles. The zero-order valence-electron chi connectivity index (χ0n) is 17.4. The van der Waals surface area contributed by atoms with Crippen molar-refractivity contribution in [3.8, 4) is 5.75 Å². The molecule has 1 unspecified atom stereocenters. The van der Waals surface area contributed by atoms with Crippen LogP contribution >= 0.6 is 0 Å². The normalized spacial score (nSPS) is 21.7. The molecule has 2 fully saturated rings. The molecule has 0 saturated carbocycles. The maximum absolute atomic E-state index is 13.0. The van der Waals surface area contributed by atoms with Crippen LogP contribution in [0.1, 0.15) is 31.2 Å². The standard InChI is InChI=1S/C23H29N5O2/c29-22(20-9-8-18-6-2-3-7-19(18)30-20)27-16-14-26(15-17-27)21-10-11-24-23(25-21)28-12-4-1-5-13-28/h2-3,6-7,10-11,20H,1,4-5,8-9,12-17H2. The number of carbonyl (C=O) groups excluding carboxylic acids is 1. The molecule has 0 spiro atoms. The number of anilines is 2. The van der Waals surface area contributed by atoms with Crippen molar-refractivity contribution in [1.82, 2.24) is 14.9 Å². The highest BCUT2D eigenvalue weighted by molar-refractivity contribution is 5.82. The van der Waals surface area contributed by atoms with Crippen molar-refractivity contribution in [2.75, 3.05) is 49.1 Å². The van der Waals surface area contributed by atoms with Crippen molar-refractivity contribution >= 4 is 17.7 Å². The van der Waals surface area contributed by atoms with Gasteiger partial charge in [0.25, 0.3) is 5.91 Å². The Balaban J connectivity index is 1.19. The van der Waals surface area contributed by atoms with E-state index >= 15 is 0 Å². The summed E-state index contributed by atoms with van der Waals surface area (Å²) in [4.78, 5) is 28.8.